The molecule has 2 fully saturated rings. The smallest absolute Gasteiger partial charge is 0.289 e. The van der Waals surface area contributed by atoms with Crippen molar-refractivity contribution in [2.75, 3.05) is 44.2 Å². The zero-order valence-corrected chi connectivity index (χ0v) is 16.1. The van der Waals surface area contributed by atoms with E-state index in [0.717, 1.165) is 25.3 Å². The molecule has 4 heterocycles. The first-order valence-electron chi connectivity index (χ1n) is 9.82. The van der Waals surface area contributed by atoms with E-state index in [0.29, 0.717) is 43.6 Å². The third-order valence-corrected chi connectivity index (χ3v) is 5.44. The van der Waals surface area contributed by atoms with Gasteiger partial charge in [-0.05, 0) is 43.0 Å². The standard InChI is InChI=1S/C20H25N5O3/c1-15-4-2-8-25(14-15)18-7-6-16(21-22-18)19(26)23-9-11-24(12-10-23)20(27)17-5-3-13-28-17/h3,5-7,13,15H,2,4,8-12,14H2,1H3. The van der Waals surface area contributed by atoms with E-state index in [1.807, 2.05) is 6.07 Å². The van der Waals surface area contributed by atoms with Crippen LogP contribution in [0.25, 0.3) is 0 Å². The Labute approximate surface area is 164 Å². The second kappa shape index (κ2) is 8.00. The molecule has 2 amide bonds. The van der Waals surface area contributed by atoms with Gasteiger partial charge >= 0.3 is 0 Å². The summed E-state index contributed by atoms with van der Waals surface area (Å²) < 4.78 is 5.17. The minimum atomic E-state index is -0.142. The van der Waals surface area contributed by atoms with E-state index in [1.54, 1.807) is 28.0 Å². The zero-order valence-electron chi connectivity index (χ0n) is 16.1. The second-order valence-electron chi connectivity index (χ2n) is 7.53. The highest BCUT2D eigenvalue weighted by Gasteiger charge is 2.27. The van der Waals surface area contributed by atoms with Gasteiger partial charge < -0.3 is 19.1 Å². The van der Waals surface area contributed by atoms with Crippen LogP contribution in [0.1, 0.15) is 40.8 Å². The van der Waals surface area contributed by atoms with Crippen molar-refractivity contribution in [2.24, 2.45) is 5.92 Å². The van der Waals surface area contributed by atoms with Crippen LogP contribution in [0.15, 0.2) is 34.9 Å². The molecule has 2 aromatic heterocycles. The molecule has 4 rings (SSSR count). The highest BCUT2D eigenvalue weighted by atomic mass is 16.3. The average molecular weight is 383 g/mol. The number of amides is 2. The number of furan rings is 1. The molecule has 1 unspecified atom stereocenters. The fourth-order valence-corrected chi connectivity index (χ4v) is 3.84. The maximum Gasteiger partial charge on any atom is 0.289 e. The number of piperidine rings is 1. The lowest BCUT2D eigenvalue weighted by molar-refractivity contribution is 0.0514. The van der Waals surface area contributed by atoms with E-state index in [-0.39, 0.29) is 11.8 Å². The molecule has 0 N–H and O–H groups in total. The van der Waals surface area contributed by atoms with Crippen LogP contribution < -0.4 is 4.90 Å². The zero-order chi connectivity index (χ0) is 19.5. The van der Waals surface area contributed by atoms with Crippen LogP contribution in [-0.4, -0.2) is 71.1 Å². The normalized spacial score (nSPS) is 20.3. The lowest BCUT2D eigenvalue weighted by Gasteiger charge is -2.34. The number of piperazine rings is 1. The van der Waals surface area contributed by atoms with E-state index in [2.05, 4.69) is 22.0 Å². The molecule has 0 bridgehead atoms. The van der Waals surface area contributed by atoms with Gasteiger partial charge in [0.05, 0.1) is 6.26 Å². The molecule has 8 nitrogen and oxygen atoms in total. The summed E-state index contributed by atoms with van der Waals surface area (Å²) in [5.41, 5.74) is 0.347. The van der Waals surface area contributed by atoms with Crippen LogP contribution in [0.2, 0.25) is 0 Å². The third kappa shape index (κ3) is 3.85. The average Bonchev–Trinajstić information content (AvgIpc) is 3.28. The number of aromatic nitrogens is 2. The van der Waals surface area contributed by atoms with Crippen LogP contribution in [0, 0.1) is 5.92 Å². The van der Waals surface area contributed by atoms with Crippen molar-refractivity contribution in [3.63, 3.8) is 0 Å². The Bertz CT molecular complexity index is 813. The van der Waals surface area contributed by atoms with Gasteiger partial charge in [0.1, 0.15) is 0 Å². The number of nitrogens with zero attached hydrogens (tertiary/aromatic N) is 5. The summed E-state index contributed by atoms with van der Waals surface area (Å²) in [5.74, 6) is 1.52. The Morgan fingerprint density at radius 3 is 2.36 bits per heavy atom. The molecule has 2 saturated heterocycles. The minimum absolute atomic E-state index is 0.142. The van der Waals surface area contributed by atoms with Gasteiger partial charge in [-0.25, -0.2) is 0 Å². The Balaban J connectivity index is 1.34. The molecule has 148 valence electrons. The summed E-state index contributed by atoms with van der Waals surface area (Å²) >= 11 is 0. The van der Waals surface area contributed by atoms with Crippen molar-refractivity contribution in [2.45, 2.75) is 19.8 Å². The highest BCUT2D eigenvalue weighted by Crippen LogP contribution is 2.21. The summed E-state index contributed by atoms with van der Waals surface area (Å²) in [6, 6.07) is 6.99. The molecule has 0 radical (unpaired) electrons. The molecule has 0 aromatic carbocycles. The summed E-state index contributed by atoms with van der Waals surface area (Å²) in [4.78, 5) is 30.7. The molecule has 8 heteroatoms. The van der Waals surface area contributed by atoms with Gasteiger partial charge in [-0.15, -0.1) is 10.2 Å². The van der Waals surface area contributed by atoms with E-state index in [9.17, 15) is 9.59 Å². The first kappa shape index (κ1) is 18.5. The van der Waals surface area contributed by atoms with Crippen molar-refractivity contribution >= 4 is 17.6 Å². The topological polar surface area (TPSA) is 82.8 Å². The third-order valence-electron chi connectivity index (χ3n) is 5.44. The fourth-order valence-electron chi connectivity index (χ4n) is 3.84. The Kier molecular flexibility index (Phi) is 5.27. The van der Waals surface area contributed by atoms with Gasteiger partial charge in [-0.3, -0.25) is 9.59 Å². The largest absolute Gasteiger partial charge is 0.459 e. The van der Waals surface area contributed by atoms with Crippen LogP contribution in [0.3, 0.4) is 0 Å². The molecule has 28 heavy (non-hydrogen) atoms. The number of hydrogen-bond donors (Lipinski definition) is 0. The summed E-state index contributed by atoms with van der Waals surface area (Å²) in [7, 11) is 0. The van der Waals surface area contributed by atoms with Crippen molar-refractivity contribution in [3.05, 3.63) is 42.0 Å². The Morgan fingerprint density at radius 2 is 1.75 bits per heavy atom. The minimum Gasteiger partial charge on any atom is -0.459 e. The second-order valence-corrected chi connectivity index (χ2v) is 7.53. The van der Waals surface area contributed by atoms with Gasteiger partial charge in [0.2, 0.25) is 0 Å². The molecular weight excluding hydrogens is 358 g/mol. The predicted molar refractivity (Wildman–Crippen MR) is 103 cm³/mol. The molecule has 0 saturated carbocycles. The quantitative estimate of drug-likeness (QED) is 0.805. The molecule has 2 aliphatic heterocycles. The SMILES string of the molecule is CC1CCCN(c2ccc(C(=O)N3CCN(C(=O)c4ccco4)CC3)nn2)C1. The van der Waals surface area contributed by atoms with Gasteiger partial charge in [0.25, 0.3) is 11.8 Å². The number of carbonyl (C=O) groups excluding carboxylic acids is 2. The predicted octanol–water partition coefficient (Wildman–Crippen LogP) is 1.90. The molecular formula is C20H25N5O3. The van der Waals surface area contributed by atoms with Gasteiger partial charge in [0, 0.05) is 39.3 Å². The van der Waals surface area contributed by atoms with E-state index >= 15 is 0 Å². The lowest BCUT2D eigenvalue weighted by atomic mass is 10.0. The Hall–Kier alpha value is -2.90. The van der Waals surface area contributed by atoms with Crippen molar-refractivity contribution in [3.8, 4) is 0 Å². The molecule has 0 aliphatic carbocycles. The van der Waals surface area contributed by atoms with E-state index in [1.165, 1.54) is 12.7 Å². The molecule has 2 aliphatic rings. The van der Waals surface area contributed by atoms with Crippen molar-refractivity contribution < 1.29 is 14.0 Å². The molecule has 2 aromatic rings. The highest BCUT2D eigenvalue weighted by molar-refractivity contribution is 5.93. The van der Waals surface area contributed by atoms with Gasteiger partial charge in [-0.2, -0.15) is 0 Å². The molecule has 1 atom stereocenters. The summed E-state index contributed by atoms with van der Waals surface area (Å²) in [6.45, 7) is 6.10. The number of hydrogen-bond acceptors (Lipinski definition) is 6. The first-order chi connectivity index (χ1) is 13.6. The van der Waals surface area contributed by atoms with Crippen molar-refractivity contribution in [1.82, 2.24) is 20.0 Å². The maximum atomic E-state index is 12.7. The van der Waals surface area contributed by atoms with Crippen LogP contribution in [0.4, 0.5) is 5.82 Å². The number of rotatable bonds is 3. The van der Waals surface area contributed by atoms with Gasteiger partial charge in [-0.1, -0.05) is 6.92 Å². The fraction of sp³-hybridized carbons (Fsp3) is 0.500. The summed E-state index contributed by atoms with van der Waals surface area (Å²) in [5, 5.41) is 8.45. The number of carbonyl (C=O) groups is 2. The maximum absolute atomic E-state index is 12.7. The lowest BCUT2D eigenvalue weighted by Crippen LogP contribution is -2.50. The van der Waals surface area contributed by atoms with Crippen molar-refractivity contribution in [1.29, 1.82) is 0 Å². The monoisotopic (exact) mass is 383 g/mol. The van der Waals surface area contributed by atoms with Crippen LogP contribution in [0.5, 0.6) is 0 Å². The number of anilines is 1. The molecule has 0 spiro atoms. The first-order valence-corrected chi connectivity index (χ1v) is 9.82. The van der Waals surface area contributed by atoms with Gasteiger partial charge in [0.15, 0.2) is 17.3 Å². The van der Waals surface area contributed by atoms with E-state index < -0.39 is 0 Å². The summed E-state index contributed by atoms with van der Waals surface area (Å²) in [6.07, 6.45) is 3.89. The van der Waals surface area contributed by atoms with Crippen LogP contribution >= 0.6 is 0 Å². The van der Waals surface area contributed by atoms with E-state index in [4.69, 9.17) is 4.42 Å². The van der Waals surface area contributed by atoms with Crippen LogP contribution in [-0.2, 0) is 0 Å². The Morgan fingerprint density at radius 1 is 1.00 bits per heavy atom.